The van der Waals surface area contributed by atoms with Crippen LogP contribution in [0.2, 0.25) is 0 Å². The van der Waals surface area contributed by atoms with Crippen molar-refractivity contribution >= 4 is 0 Å². The average molecular weight is 205 g/mol. The first-order valence-electron chi connectivity index (χ1n) is 6.10. The summed E-state index contributed by atoms with van der Waals surface area (Å²) in [5.41, 5.74) is 6.27. The Morgan fingerprint density at radius 2 is 2.13 bits per heavy atom. The molecule has 1 aromatic heterocycles. The summed E-state index contributed by atoms with van der Waals surface area (Å²) in [6, 6.07) is 0.323. The molecular weight excluding hydrogens is 186 g/mol. The van der Waals surface area contributed by atoms with Crippen LogP contribution in [0.15, 0.2) is 12.4 Å². The van der Waals surface area contributed by atoms with Crippen molar-refractivity contribution in [3.8, 4) is 0 Å². The van der Waals surface area contributed by atoms with Crippen LogP contribution in [-0.2, 0) is 6.42 Å². The average Bonchev–Trinajstić information content (AvgIpc) is 2.77. The number of imidazole rings is 1. The van der Waals surface area contributed by atoms with Crippen LogP contribution in [0.4, 0.5) is 0 Å². The van der Waals surface area contributed by atoms with E-state index in [0.717, 1.165) is 30.0 Å². The van der Waals surface area contributed by atoms with Crippen LogP contribution < -0.4 is 5.73 Å². The van der Waals surface area contributed by atoms with Crippen LogP contribution in [-0.4, -0.2) is 16.0 Å². The van der Waals surface area contributed by atoms with Gasteiger partial charge in [0.25, 0.3) is 0 Å². The van der Waals surface area contributed by atoms with Crippen LogP contribution >= 0.6 is 0 Å². The molecule has 3 N–H and O–H groups in total. The number of nitrogens with two attached hydrogens (primary N) is 1. The maximum Gasteiger partial charge on any atom is 0.107 e. The molecule has 82 valence electrons. The third kappa shape index (κ3) is 1.69. The minimum Gasteiger partial charge on any atom is -0.349 e. The summed E-state index contributed by atoms with van der Waals surface area (Å²) in [7, 11) is 0. The molecule has 0 aliphatic heterocycles. The summed E-state index contributed by atoms with van der Waals surface area (Å²) >= 11 is 0. The van der Waals surface area contributed by atoms with Crippen molar-refractivity contribution in [3.63, 3.8) is 0 Å². The topological polar surface area (TPSA) is 54.7 Å². The molecule has 3 nitrogen and oxygen atoms in total. The summed E-state index contributed by atoms with van der Waals surface area (Å²) in [5.74, 6) is 3.73. The quantitative estimate of drug-likeness (QED) is 0.789. The van der Waals surface area contributed by atoms with Crippen molar-refractivity contribution in [2.45, 2.75) is 38.1 Å². The Balaban J connectivity index is 1.59. The zero-order valence-corrected chi connectivity index (χ0v) is 9.02. The molecule has 3 unspecified atom stereocenters. The zero-order valence-electron chi connectivity index (χ0n) is 9.02. The van der Waals surface area contributed by atoms with Crippen molar-refractivity contribution in [2.75, 3.05) is 0 Å². The van der Waals surface area contributed by atoms with Crippen LogP contribution in [0, 0.1) is 17.8 Å². The molecule has 15 heavy (non-hydrogen) atoms. The number of nitrogens with one attached hydrogen (secondary N) is 1. The molecule has 3 rings (SSSR count). The molecule has 1 heterocycles. The number of hydrogen-bond acceptors (Lipinski definition) is 2. The number of fused-ring (bicyclic) bond motifs is 1. The van der Waals surface area contributed by atoms with E-state index in [-0.39, 0.29) is 0 Å². The Morgan fingerprint density at radius 3 is 2.73 bits per heavy atom. The van der Waals surface area contributed by atoms with Gasteiger partial charge in [0.05, 0.1) is 0 Å². The summed E-state index contributed by atoms with van der Waals surface area (Å²) in [6.45, 7) is 0. The molecule has 0 saturated heterocycles. The third-order valence-electron chi connectivity index (χ3n) is 4.20. The van der Waals surface area contributed by atoms with Gasteiger partial charge in [0.1, 0.15) is 5.82 Å². The SMILES string of the molecule is NC(Cc1ncc[nH]1)C1C2CCCCC21. The van der Waals surface area contributed by atoms with Crippen molar-refractivity contribution in [3.05, 3.63) is 18.2 Å². The van der Waals surface area contributed by atoms with E-state index in [1.54, 1.807) is 0 Å². The summed E-state index contributed by atoms with van der Waals surface area (Å²) in [5, 5.41) is 0. The Labute approximate surface area is 90.5 Å². The van der Waals surface area contributed by atoms with Gasteiger partial charge in [-0.15, -0.1) is 0 Å². The van der Waals surface area contributed by atoms with Gasteiger partial charge in [0.15, 0.2) is 0 Å². The van der Waals surface area contributed by atoms with Gasteiger partial charge >= 0.3 is 0 Å². The molecule has 3 heteroatoms. The van der Waals surface area contributed by atoms with Crippen molar-refractivity contribution in [2.24, 2.45) is 23.5 Å². The van der Waals surface area contributed by atoms with Crippen LogP contribution in [0.5, 0.6) is 0 Å². The Kier molecular flexibility index (Phi) is 2.28. The summed E-state index contributed by atoms with van der Waals surface area (Å²) in [4.78, 5) is 7.39. The maximum atomic E-state index is 6.27. The monoisotopic (exact) mass is 205 g/mol. The number of H-pyrrole nitrogens is 1. The van der Waals surface area contributed by atoms with Gasteiger partial charge < -0.3 is 10.7 Å². The summed E-state index contributed by atoms with van der Waals surface area (Å²) < 4.78 is 0. The minimum absolute atomic E-state index is 0.323. The van der Waals surface area contributed by atoms with Gasteiger partial charge in [-0.1, -0.05) is 12.8 Å². The van der Waals surface area contributed by atoms with E-state index in [0.29, 0.717) is 6.04 Å². The number of aromatic amines is 1. The van der Waals surface area contributed by atoms with E-state index < -0.39 is 0 Å². The number of rotatable bonds is 3. The highest BCUT2D eigenvalue weighted by atomic mass is 14.9. The minimum atomic E-state index is 0.323. The van der Waals surface area contributed by atoms with Crippen LogP contribution in [0.3, 0.4) is 0 Å². The lowest BCUT2D eigenvalue weighted by Gasteiger charge is -2.08. The van der Waals surface area contributed by atoms with E-state index in [9.17, 15) is 0 Å². The molecule has 2 aliphatic rings. The van der Waals surface area contributed by atoms with Gasteiger partial charge in [0.2, 0.25) is 0 Å². The smallest absolute Gasteiger partial charge is 0.107 e. The Morgan fingerprint density at radius 1 is 1.40 bits per heavy atom. The normalized spacial score (nSPS) is 35.9. The highest BCUT2D eigenvalue weighted by Gasteiger charge is 2.52. The highest BCUT2D eigenvalue weighted by Crippen LogP contribution is 2.56. The molecule has 2 fully saturated rings. The number of aromatic nitrogens is 2. The van der Waals surface area contributed by atoms with Crippen molar-refractivity contribution < 1.29 is 0 Å². The fourth-order valence-corrected chi connectivity index (χ4v) is 3.45. The van der Waals surface area contributed by atoms with Gasteiger partial charge in [-0.05, 0) is 30.6 Å². The molecule has 0 radical (unpaired) electrons. The van der Waals surface area contributed by atoms with Crippen LogP contribution in [0.1, 0.15) is 31.5 Å². The standard InChI is InChI=1S/C12H19N3/c13-10(7-11-14-5-6-15-11)12-8-3-1-2-4-9(8)12/h5-6,8-10,12H,1-4,7,13H2,(H,14,15). The molecule has 3 atom stereocenters. The first-order chi connectivity index (χ1) is 7.36. The predicted octanol–water partition coefficient (Wildman–Crippen LogP) is 1.72. The fraction of sp³-hybridized carbons (Fsp3) is 0.750. The molecule has 0 aromatic carbocycles. The molecular formula is C12H19N3. The molecule has 0 bridgehead atoms. The molecule has 2 aliphatic carbocycles. The first kappa shape index (κ1) is 9.40. The lowest BCUT2D eigenvalue weighted by atomic mass is 10.0. The van der Waals surface area contributed by atoms with E-state index in [2.05, 4.69) is 9.97 Å². The maximum absolute atomic E-state index is 6.27. The molecule has 0 spiro atoms. The van der Waals surface area contributed by atoms with E-state index in [4.69, 9.17) is 5.73 Å². The lowest BCUT2D eigenvalue weighted by Crippen LogP contribution is -2.27. The highest BCUT2D eigenvalue weighted by molar-refractivity contribution is 5.06. The predicted molar refractivity (Wildman–Crippen MR) is 59.2 cm³/mol. The number of nitrogens with zero attached hydrogens (tertiary/aromatic N) is 1. The van der Waals surface area contributed by atoms with Gasteiger partial charge in [-0.3, -0.25) is 0 Å². The lowest BCUT2D eigenvalue weighted by molar-refractivity contribution is 0.480. The van der Waals surface area contributed by atoms with E-state index in [1.165, 1.54) is 25.7 Å². The second-order valence-corrected chi connectivity index (χ2v) is 5.09. The summed E-state index contributed by atoms with van der Waals surface area (Å²) in [6.07, 6.45) is 10.3. The molecule has 2 saturated carbocycles. The zero-order chi connectivity index (χ0) is 10.3. The second kappa shape index (κ2) is 3.63. The van der Waals surface area contributed by atoms with E-state index in [1.807, 2.05) is 12.4 Å². The number of hydrogen-bond donors (Lipinski definition) is 2. The molecule has 0 amide bonds. The van der Waals surface area contributed by atoms with E-state index >= 15 is 0 Å². The Hall–Kier alpha value is -0.830. The second-order valence-electron chi connectivity index (χ2n) is 5.09. The van der Waals surface area contributed by atoms with Crippen LogP contribution in [0.25, 0.3) is 0 Å². The first-order valence-corrected chi connectivity index (χ1v) is 6.10. The van der Waals surface area contributed by atoms with Gasteiger partial charge in [-0.2, -0.15) is 0 Å². The largest absolute Gasteiger partial charge is 0.349 e. The van der Waals surface area contributed by atoms with Gasteiger partial charge in [-0.25, -0.2) is 4.98 Å². The molecule has 1 aromatic rings. The Bertz CT molecular complexity index is 308. The van der Waals surface area contributed by atoms with Gasteiger partial charge in [0, 0.05) is 24.9 Å². The van der Waals surface area contributed by atoms with Crippen molar-refractivity contribution in [1.29, 1.82) is 0 Å². The van der Waals surface area contributed by atoms with Crippen molar-refractivity contribution in [1.82, 2.24) is 9.97 Å². The third-order valence-corrected chi connectivity index (χ3v) is 4.20. The fourth-order valence-electron chi connectivity index (χ4n) is 3.45.